The molecule has 2 amide bonds. The van der Waals surface area contributed by atoms with Gasteiger partial charge in [0.05, 0.1) is 22.5 Å². The van der Waals surface area contributed by atoms with Crippen molar-refractivity contribution < 1.29 is 28.2 Å². The standard InChI is InChI=1S/C27H35F2N3O4/c1-17(2)15-32(16-18(3)4)24-8-5-19(27(25(33)34)9-11-36-12-10-27)13-23(24)31-26(35)30-22-7-6-20(28)14-21(22)29/h5-8,13-14,17-18H,9-12,15-16H2,1-4H3,(H,33,34)(H2,30,31,35). The van der Waals surface area contributed by atoms with Crippen molar-refractivity contribution in [2.24, 2.45) is 11.8 Å². The van der Waals surface area contributed by atoms with Crippen LogP contribution in [0.3, 0.4) is 0 Å². The molecule has 0 bridgehead atoms. The summed E-state index contributed by atoms with van der Waals surface area (Å²) in [7, 11) is 0. The minimum absolute atomic E-state index is 0.167. The third-order valence-electron chi connectivity index (χ3n) is 6.24. The number of benzene rings is 2. The van der Waals surface area contributed by atoms with Gasteiger partial charge in [0.2, 0.25) is 0 Å². The van der Waals surface area contributed by atoms with Gasteiger partial charge in [0.15, 0.2) is 0 Å². The lowest BCUT2D eigenvalue weighted by atomic mass is 9.74. The van der Waals surface area contributed by atoms with E-state index in [1.165, 1.54) is 0 Å². The van der Waals surface area contributed by atoms with E-state index in [0.717, 1.165) is 30.9 Å². The Labute approximate surface area is 210 Å². The highest BCUT2D eigenvalue weighted by Gasteiger charge is 2.42. The van der Waals surface area contributed by atoms with Gasteiger partial charge >= 0.3 is 12.0 Å². The molecular formula is C27H35F2N3O4. The monoisotopic (exact) mass is 503 g/mol. The molecule has 3 N–H and O–H groups in total. The van der Waals surface area contributed by atoms with Crippen molar-refractivity contribution >= 4 is 29.1 Å². The average Bonchev–Trinajstić information content (AvgIpc) is 2.80. The molecule has 1 heterocycles. The van der Waals surface area contributed by atoms with Gasteiger partial charge in [-0.2, -0.15) is 0 Å². The molecule has 0 unspecified atom stereocenters. The minimum Gasteiger partial charge on any atom is -0.481 e. The lowest BCUT2D eigenvalue weighted by Crippen LogP contribution is -2.41. The van der Waals surface area contributed by atoms with Gasteiger partial charge in [-0.25, -0.2) is 13.6 Å². The van der Waals surface area contributed by atoms with Gasteiger partial charge in [-0.1, -0.05) is 33.8 Å². The molecule has 1 saturated heterocycles. The van der Waals surface area contributed by atoms with E-state index in [1.54, 1.807) is 6.07 Å². The van der Waals surface area contributed by atoms with Gasteiger partial charge in [0, 0.05) is 32.4 Å². The van der Waals surface area contributed by atoms with E-state index in [2.05, 4.69) is 43.2 Å². The number of carboxylic acids is 1. The number of hydrogen-bond acceptors (Lipinski definition) is 4. The first kappa shape index (κ1) is 27.4. The van der Waals surface area contributed by atoms with Crippen LogP contribution < -0.4 is 15.5 Å². The smallest absolute Gasteiger partial charge is 0.323 e. The molecule has 0 aromatic heterocycles. The summed E-state index contributed by atoms with van der Waals surface area (Å²) in [6.45, 7) is 10.5. The van der Waals surface area contributed by atoms with Crippen molar-refractivity contribution in [1.82, 2.24) is 0 Å². The molecule has 0 atom stereocenters. The van der Waals surface area contributed by atoms with Crippen LogP contribution in [0.5, 0.6) is 0 Å². The summed E-state index contributed by atoms with van der Waals surface area (Å²) in [5, 5.41) is 15.3. The van der Waals surface area contributed by atoms with Gasteiger partial charge < -0.3 is 25.4 Å². The Morgan fingerprint density at radius 3 is 2.14 bits per heavy atom. The number of ether oxygens (including phenoxy) is 1. The Morgan fingerprint density at radius 2 is 1.58 bits per heavy atom. The molecule has 1 aliphatic heterocycles. The first-order valence-corrected chi connectivity index (χ1v) is 12.3. The zero-order valence-electron chi connectivity index (χ0n) is 21.2. The number of amides is 2. The van der Waals surface area contributed by atoms with Crippen molar-refractivity contribution in [2.45, 2.75) is 46.0 Å². The van der Waals surface area contributed by atoms with Crippen molar-refractivity contribution in [3.8, 4) is 0 Å². The van der Waals surface area contributed by atoms with Gasteiger partial charge in [-0.05, 0) is 54.5 Å². The maximum absolute atomic E-state index is 14.1. The second-order valence-electron chi connectivity index (χ2n) is 10.1. The summed E-state index contributed by atoms with van der Waals surface area (Å²) >= 11 is 0. The van der Waals surface area contributed by atoms with Crippen LogP contribution in [0.2, 0.25) is 0 Å². The van der Waals surface area contributed by atoms with Crippen LogP contribution in [0.1, 0.15) is 46.1 Å². The SMILES string of the molecule is CC(C)CN(CC(C)C)c1ccc(C2(C(=O)O)CCOCC2)cc1NC(=O)Nc1ccc(F)cc1F. The third kappa shape index (κ3) is 6.51. The molecule has 2 aromatic rings. The van der Waals surface area contributed by atoms with Crippen molar-refractivity contribution in [1.29, 1.82) is 0 Å². The maximum Gasteiger partial charge on any atom is 0.323 e. The van der Waals surface area contributed by atoms with Gasteiger partial charge in [-0.15, -0.1) is 0 Å². The van der Waals surface area contributed by atoms with Gasteiger partial charge in [-0.3, -0.25) is 4.79 Å². The largest absolute Gasteiger partial charge is 0.481 e. The van der Waals surface area contributed by atoms with Crippen LogP contribution in [-0.4, -0.2) is 43.4 Å². The number of hydrogen-bond donors (Lipinski definition) is 3. The maximum atomic E-state index is 14.1. The first-order valence-electron chi connectivity index (χ1n) is 12.3. The van der Waals surface area contributed by atoms with E-state index in [-0.39, 0.29) is 5.69 Å². The van der Waals surface area contributed by atoms with Crippen molar-refractivity contribution in [2.75, 3.05) is 41.8 Å². The number of anilines is 3. The number of nitrogens with one attached hydrogen (secondary N) is 2. The molecule has 1 aliphatic rings. The molecule has 7 nitrogen and oxygen atoms in total. The van der Waals surface area contributed by atoms with Crippen LogP contribution in [0, 0.1) is 23.5 Å². The number of rotatable bonds is 9. The Kier molecular flexibility index (Phi) is 8.89. The van der Waals surface area contributed by atoms with E-state index >= 15 is 0 Å². The highest BCUT2D eigenvalue weighted by atomic mass is 19.1. The number of halogens is 2. The average molecular weight is 504 g/mol. The van der Waals surface area contributed by atoms with Gasteiger partial charge in [0.25, 0.3) is 0 Å². The second-order valence-corrected chi connectivity index (χ2v) is 10.1. The topological polar surface area (TPSA) is 90.9 Å². The Morgan fingerprint density at radius 1 is 0.972 bits per heavy atom. The molecule has 0 radical (unpaired) electrons. The fourth-order valence-corrected chi connectivity index (χ4v) is 4.57. The third-order valence-corrected chi connectivity index (χ3v) is 6.24. The molecule has 9 heteroatoms. The fourth-order valence-electron chi connectivity index (χ4n) is 4.57. The molecule has 0 spiro atoms. The van der Waals surface area contributed by atoms with Crippen LogP contribution in [-0.2, 0) is 14.9 Å². The first-order chi connectivity index (χ1) is 17.0. The lowest BCUT2D eigenvalue weighted by Gasteiger charge is -2.35. The predicted molar refractivity (Wildman–Crippen MR) is 137 cm³/mol. The Hall–Kier alpha value is -3.20. The van der Waals surface area contributed by atoms with Crippen LogP contribution in [0.4, 0.5) is 30.6 Å². The number of carboxylic acid groups (broad SMARTS) is 1. The number of nitrogens with zero attached hydrogens (tertiary/aromatic N) is 1. The number of carbonyl (C=O) groups is 2. The van der Waals surface area contributed by atoms with Crippen LogP contribution >= 0.6 is 0 Å². The van der Waals surface area contributed by atoms with Crippen molar-refractivity contribution in [3.05, 3.63) is 53.6 Å². The predicted octanol–water partition coefficient (Wildman–Crippen LogP) is 5.86. The Bertz CT molecular complexity index is 1070. The minimum atomic E-state index is -1.13. The summed E-state index contributed by atoms with van der Waals surface area (Å²) in [6, 6.07) is 7.52. The van der Waals surface area contributed by atoms with Crippen molar-refractivity contribution in [3.63, 3.8) is 0 Å². The molecule has 3 rings (SSSR count). The number of carbonyl (C=O) groups excluding carboxylic acids is 1. The zero-order chi connectivity index (χ0) is 26.5. The quantitative estimate of drug-likeness (QED) is 0.399. The van der Waals surface area contributed by atoms with E-state index in [1.807, 2.05) is 12.1 Å². The fraction of sp³-hybridized carbons (Fsp3) is 0.481. The van der Waals surface area contributed by atoms with Crippen LogP contribution in [0.15, 0.2) is 36.4 Å². The summed E-state index contributed by atoms with van der Waals surface area (Å²) < 4.78 is 32.8. The molecule has 1 fully saturated rings. The number of urea groups is 1. The lowest BCUT2D eigenvalue weighted by molar-refractivity contribution is -0.147. The van der Waals surface area contributed by atoms with Crippen LogP contribution in [0.25, 0.3) is 0 Å². The second kappa shape index (κ2) is 11.7. The van der Waals surface area contributed by atoms with E-state index in [0.29, 0.717) is 55.2 Å². The zero-order valence-corrected chi connectivity index (χ0v) is 21.2. The number of aliphatic carboxylic acids is 1. The van der Waals surface area contributed by atoms with E-state index < -0.39 is 29.0 Å². The Balaban J connectivity index is 2.02. The molecular weight excluding hydrogens is 468 g/mol. The normalized spacial score (nSPS) is 15.1. The molecule has 0 saturated carbocycles. The molecule has 2 aromatic carbocycles. The highest BCUT2D eigenvalue weighted by molar-refractivity contribution is 6.02. The highest BCUT2D eigenvalue weighted by Crippen LogP contribution is 2.39. The van der Waals surface area contributed by atoms with E-state index in [9.17, 15) is 23.5 Å². The van der Waals surface area contributed by atoms with Gasteiger partial charge in [0.1, 0.15) is 11.6 Å². The summed E-state index contributed by atoms with van der Waals surface area (Å²) in [5.41, 5.74) is 0.427. The summed E-state index contributed by atoms with van der Waals surface area (Å²) in [6.07, 6.45) is 0.631. The summed E-state index contributed by atoms with van der Waals surface area (Å²) in [4.78, 5) is 27.4. The van der Waals surface area contributed by atoms with E-state index in [4.69, 9.17) is 4.74 Å². The molecule has 0 aliphatic carbocycles. The summed E-state index contributed by atoms with van der Waals surface area (Å²) in [5.74, 6) is -1.92. The molecule has 196 valence electrons. The molecule has 36 heavy (non-hydrogen) atoms.